The number of hydrogen-bond donors (Lipinski definition) is 0. The number of hydrogen-bond acceptors (Lipinski definition) is 2. The summed E-state index contributed by atoms with van der Waals surface area (Å²) in [4.78, 5) is 4.07. The van der Waals surface area contributed by atoms with Crippen LogP contribution in [0.5, 0.6) is 0 Å². The molecular weight excluding hydrogens is 142 g/mol. The molecular formula is C8H13NS. The molecule has 0 amide bonds. The number of thiocarbonyl (C=S) groups is 1. The van der Waals surface area contributed by atoms with Gasteiger partial charge in [0.2, 0.25) is 0 Å². The topological polar surface area (TPSA) is 12.4 Å². The van der Waals surface area contributed by atoms with Crippen LogP contribution in [0, 0.1) is 5.92 Å². The van der Waals surface area contributed by atoms with Crippen molar-refractivity contribution in [1.29, 1.82) is 0 Å². The van der Waals surface area contributed by atoms with Crippen molar-refractivity contribution in [3.8, 4) is 0 Å². The molecule has 1 fully saturated rings. The fourth-order valence-corrected chi connectivity index (χ4v) is 1.79. The molecule has 10 heavy (non-hydrogen) atoms. The van der Waals surface area contributed by atoms with E-state index in [1.165, 1.54) is 25.7 Å². The highest BCUT2D eigenvalue weighted by molar-refractivity contribution is 7.78. The second-order valence-corrected chi connectivity index (χ2v) is 3.19. The molecule has 0 aliphatic heterocycles. The van der Waals surface area contributed by atoms with Crippen LogP contribution in [-0.4, -0.2) is 11.2 Å². The molecule has 0 saturated heterocycles. The van der Waals surface area contributed by atoms with Crippen molar-refractivity contribution in [3.63, 3.8) is 0 Å². The molecule has 56 valence electrons. The lowest BCUT2D eigenvalue weighted by atomic mass is 10.0. The van der Waals surface area contributed by atoms with Crippen molar-refractivity contribution in [2.45, 2.75) is 38.6 Å². The van der Waals surface area contributed by atoms with E-state index in [9.17, 15) is 0 Å². The van der Waals surface area contributed by atoms with Crippen molar-refractivity contribution in [3.05, 3.63) is 0 Å². The zero-order valence-corrected chi connectivity index (χ0v) is 7.16. The van der Waals surface area contributed by atoms with E-state index in [4.69, 9.17) is 0 Å². The molecule has 0 bridgehead atoms. The average molecular weight is 155 g/mol. The minimum absolute atomic E-state index is 0.417. The van der Waals surface area contributed by atoms with Crippen LogP contribution in [0.2, 0.25) is 0 Å². The molecule has 1 rings (SSSR count). The molecule has 1 saturated carbocycles. The first-order valence-corrected chi connectivity index (χ1v) is 4.32. The summed E-state index contributed by atoms with van der Waals surface area (Å²) in [7, 11) is 0. The maximum Gasteiger partial charge on any atom is 0.0602 e. The molecule has 2 heteroatoms. The Bertz CT molecular complexity index is 143. The first kappa shape index (κ1) is 7.90. The van der Waals surface area contributed by atoms with Gasteiger partial charge < -0.3 is 0 Å². The largest absolute Gasteiger partial charge is 0.229 e. The third-order valence-corrected chi connectivity index (χ3v) is 2.44. The van der Waals surface area contributed by atoms with Crippen molar-refractivity contribution in [2.75, 3.05) is 0 Å². The SMILES string of the molecule is CC(N=C=S)C1CCCC1. The van der Waals surface area contributed by atoms with Crippen LogP contribution in [0.15, 0.2) is 4.99 Å². The molecule has 1 aliphatic rings. The lowest BCUT2D eigenvalue weighted by Gasteiger charge is -2.11. The normalized spacial score (nSPS) is 22.1. The summed E-state index contributed by atoms with van der Waals surface area (Å²) in [6, 6.07) is 0.417. The van der Waals surface area contributed by atoms with Gasteiger partial charge in [-0.05, 0) is 37.9 Å². The second-order valence-electron chi connectivity index (χ2n) is 3.01. The van der Waals surface area contributed by atoms with E-state index >= 15 is 0 Å². The van der Waals surface area contributed by atoms with E-state index in [1.54, 1.807) is 0 Å². The molecule has 0 N–H and O–H groups in total. The van der Waals surface area contributed by atoms with E-state index in [2.05, 4.69) is 29.3 Å². The van der Waals surface area contributed by atoms with Crippen molar-refractivity contribution < 1.29 is 0 Å². The fraction of sp³-hybridized carbons (Fsp3) is 0.875. The van der Waals surface area contributed by atoms with Crippen LogP contribution < -0.4 is 0 Å². The predicted molar refractivity (Wildman–Crippen MR) is 46.4 cm³/mol. The van der Waals surface area contributed by atoms with Crippen LogP contribution in [0.4, 0.5) is 0 Å². The van der Waals surface area contributed by atoms with Gasteiger partial charge in [-0.1, -0.05) is 12.8 Å². The summed E-state index contributed by atoms with van der Waals surface area (Å²) in [5, 5.41) is 2.45. The monoisotopic (exact) mass is 155 g/mol. The fourth-order valence-electron chi connectivity index (χ4n) is 1.63. The third-order valence-electron chi connectivity index (χ3n) is 2.34. The lowest BCUT2D eigenvalue weighted by molar-refractivity contribution is 0.462. The van der Waals surface area contributed by atoms with E-state index in [0.29, 0.717) is 6.04 Å². The minimum Gasteiger partial charge on any atom is -0.229 e. The maximum atomic E-state index is 4.55. The van der Waals surface area contributed by atoms with Gasteiger partial charge in [0.15, 0.2) is 0 Å². The van der Waals surface area contributed by atoms with Gasteiger partial charge in [0.1, 0.15) is 0 Å². The predicted octanol–water partition coefficient (Wildman–Crippen LogP) is 2.67. The summed E-state index contributed by atoms with van der Waals surface area (Å²) in [5.74, 6) is 0.787. The van der Waals surface area contributed by atoms with Gasteiger partial charge in [-0.15, -0.1) is 0 Å². The lowest BCUT2D eigenvalue weighted by Crippen LogP contribution is -2.10. The molecule has 1 aliphatic carbocycles. The molecule has 0 spiro atoms. The van der Waals surface area contributed by atoms with E-state index < -0.39 is 0 Å². The molecule has 1 atom stereocenters. The van der Waals surface area contributed by atoms with Gasteiger partial charge in [-0.3, -0.25) is 0 Å². The Kier molecular flexibility index (Phi) is 3.04. The van der Waals surface area contributed by atoms with Gasteiger partial charge in [0, 0.05) is 0 Å². The molecule has 0 heterocycles. The van der Waals surface area contributed by atoms with Crippen molar-refractivity contribution in [1.82, 2.24) is 0 Å². The Morgan fingerprint density at radius 1 is 1.50 bits per heavy atom. The van der Waals surface area contributed by atoms with Crippen LogP contribution in [-0.2, 0) is 0 Å². The summed E-state index contributed by atoms with van der Waals surface area (Å²) < 4.78 is 0. The minimum atomic E-state index is 0.417. The maximum absolute atomic E-state index is 4.55. The van der Waals surface area contributed by atoms with Crippen LogP contribution in [0.3, 0.4) is 0 Å². The van der Waals surface area contributed by atoms with Gasteiger partial charge in [0.05, 0.1) is 11.2 Å². The molecule has 0 radical (unpaired) electrons. The van der Waals surface area contributed by atoms with Gasteiger partial charge in [-0.2, -0.15) is 0 Å². The summed E-state index contributed by atoms with van der Waals surface area (Å²) >= 11 is 4.55. The third kappa shape index (κ3) is 1.89. The Labute approximate surface area is 67.5 Å². The zero-order chi connectivity index (χ0) is 7.40. The Morgan fingerprint density at radius 3 is 2.60 bits per heavy atom. The number of aliphatic imine (C=N–C) groups is 1. The van der Waals surface area contributed by atoms with E-state index in [1.807, 2.05) is 0 Å². The van der Waals surface area contributed by atoms with Crippen LogP contribution >= 0.6 is 12.2 Å². The quantitative estimate of drug-likeness (QED) is 0.441. The Hall–Kier alpha value is -0.200. The number of rotatable bonds is 2. The smallest absolute Gasteiger partial charge is 0.0602 e. The Morgan fingerprint density at radius 2 is 2.10 bits per heavy atom. The van der Waals surface area contributed by atoms with Gasteiger partial charge in [-0.25, -0.2) is 4.99 Å². The highest BCUT2D eigenvalue weighted by Gasteiger charge is 2.20. The van der Waals surface area contributed by atoms with Gasteiger partial charge >= 0.3 is 0 Å². The van der Waals surface area contributed by atoms with Crippen LogP contribution in [0.25, 0.3) is 0 Å². The van der Waals surface area contributed by atoms with Crippen LogP contribution in [0.1, 0.15) is 32.6 Å². The summed E-state index contributed by atoms with van der Waals surface area (Å²) in [6.07, 6.45) is 5.42. The number of isothiocyanates is 1. The van der Waals surface area contributed by atoms with Crippen molar-refractivity contribution in [2.24, 2.45) is 10.9 Å². The molecule has 0 aromatic carbocycles. The molecule has 0 aromatic rings. The standard InChI is InChI=1S/C8H13NS/c1-7(9-6-10)8-4-2-3-5-8/h7-8H,2-5H2,1H3. The first-order chi connectivity index (χ1) is 4.84. The van der Waals surface area contributed by atoms with Gasteiger partial charge in [0.25, 0.3) is 0 Å². The first-order valence-electron chi connectivity index (χ1n) is 3.91. The Balaban J connectivity index is 2.39. The molecule has 1 unspecified atom stereocenters. The van der Waals surface area contributed by atoms with Crippen molar-refractivity contribution >= 4 is 17.4 Å². The summed E-state index contributed by atoms with van der Waals surface area (Å²) in [6.45, 7) is 2.13. The van der Waals surface area contributed by atoms with E-state index in [0.717, 1.165) is 5.92 Å². The molecule has 1 nitrogen and oxygen atoms in total. The average Bonchev–Trinajstić information content (AvgIpc) is 2.38. The highest BCUT2D eigenvalue weighted by Crippen LogP contribution is 2.28. The zero-order valence-electron chi connectivity index (χ0n) is 6.34. The van der Waals surface area contributed by atoms with E-state index in [-0.39, 0.29) is 0 Å². The summed E-state index contributed by atoms with van der Waals surface area (Å²) in [5.41, 5.74) is 0. The number of nitrogens with zero attached hydrogens (tertiary/aromatic N) is 1. The highest BCUT2D eigenvalue weighted by atomic mass is 32.1. The second kappa shape index (κ2) is 3.85. The molecule has 0 aromatic heterocycles.